The van der Waals surface area contributed by atoms with Gasteiger partial charge in [0, 0.05) is 24.7 Å². The van der Waals surface area contributed by atoms with Crippen molar-refractivity contribution in [3.8, 4) is 0 Å². The predicted octanol–water partition coefficient (Wildman–Crippen LogP) is 1.93. The standard InChI is InChI=1S/C16H24N2O/c1-18(11-16(19)12-5-3-2-4-6-12)15-9-13-7-8-14(10-15)17-13/h2-6,13-17,19H,7-11H2,1H3. The van der Waals surface area contributed by atoms with Crippen LogP contribution in [-0.2, 0) is 0 Å². The van der Waals surface area contributed by atoms with E-state index in [0.717, 1.165) is 12.1 Å². The Kier molecular flexibility index (Phi) is 3.87. The van der Waals surface area contributed by atoms with E-state index < -0.39 is 0 Å². The number of likely N-dealkylation sites (N-methyl/N-ethyl adjacent to an activating group) is 1. The van der Waals surface area contributed by atoms with E-state index in [1.54, 1.807) is 0 Å². The SMILES string of the molecule is CN(CC(O)c1ccccc1)C1CC2CCC(C1)N2. The number of fused-ring (bicyclic) bond motifs is 2. The highest BCUT2D eigenvalue weighted by atomic mass is 16.3. The number of nitrogens with one attached hydrogen (secondary N) is 1. The van der Waals surface area contributed by atoms with E-state index in [-0.39, 0.29) is 6.10 Å². The first kappa shape index (κ1) is 13.1. The molecule has 0 aliphatic carbocycles. The van der Waals surface area contributed by atoms with Crippen molar-refractivity contribution < 1.29 is 5.11 Å². The summed E-state index contributed by atoms with van der Waals surface area (Å²) in [6.45, 7) is 0.730. The summed E-state index contributed by atoms with van der Waals surface area (Å²) in [4.78, 5) is 2.35. The largest absolute Gasteiger partial charge is 0.387 e. The van der Waals surface area contributed by atoms with Crippen molar-refractivity contribution in [3.05, 3.63) is 35.9 Å². The molecule has 0 amide bonds. The van der Waals surface area contributed by atoms with Crippen LogP contribution in [0.15, 0.2) is 30.3 Å². The highest BCUT2D eigenvalue weighted by Crippen LogP contribution is 2.30. The Bertz CT molecular complexity index is 396. The molecule has 0 spiro atoms. The van der Waals surface area contributed by atoms with Crippen molar-refractivity contribution in [2.24, 2.45) is 0 Å². The zero-order valence-electron chi connectivity index (χ0n) is 11.6. The van der Waals surface area contributed by atoms with Crippen LogP contribution in [0.1, 0.15) is 37.4 Å². The zero-order valence-corrected chi connectivity index (χ0v) is 11.6. The van der Waals surface area contributed by atoms with Crippen LogP contribution < -0.4 is 5.32 Å². The van der Waals surface area contributed by atoms with Crippen LogP contribution in [0.2, 0.25) is 0 Å². The number of piperidine rings is 1. The molecule has 19 heavy (non-hydrogen) atoms. The maximum absolute atomic E-state index is 10.3. The summed E-state index contributed by atoms with van der Waals surface area (Å²) in [5.41, 5.74) is 1.02. The van der Waals surface area contributed by atoms with E-state index >= 15 is 0 Å². The van der Waals surface area contributed by atoms with Gasteiger partial charge in [0.1, 0.15) is 0 Å². The van der Waals surface area contributed by atoms with Gasteiger partial charge in [-0.1, -0.05) is 30.3 Å². The number of nitrogens with zero attached hydrogens (tertiary/aromatic N) is 1. The zero-order chi connectivity index (χ0) is 13.2. The molecular formula is C16H24N2O. The molecule has 3 nitrogen and oxygen atoms in total. The van der Waals surface area contributed by atoms with E-state index in [1.165, 1.54) is 25.7 Å². The summed E-state index contributed by atoms with van der Waals surface area (Å²) in [7, 11) is 2.15. The molecule has 2 saturated heterocycles. The van der Waals surface area contributed by atoms with Crippen LogP contribution in [0, 0.1) is 0 Å². The lowest BCUT2D eigenvalue weighted by Crippen LogP contribution is -2.47. The quantitative estimate of drug-likeness (QED) is 0.868. The first-order chi connectivity index (χ1) is 9.22. The summed E-state index contributed by atoms with van der Waals surface area (Å²) in [6.07, 6.45) is 4.74. The van der Waals surface area contributed by atoms with E-state index in [0.29, 0.717) is 18.1 Å². The van der Waals surface area contributed by atoms with E-state index in [1.807, 2.05) is 30.3 Å². The average molecular weight is 260 g/mol. The monoisotopic (exact) mass is 260 g/mol. The van der Waals surface area contributed by atoms with Gasteiger partial charge in [-0.2, -0.15) is 0 Å². The number of rotatable bonds is 4. The van der Waals surface area contributed by atoms with Crippen molar-refractivity contribution in [2.75, 3.05) is 13.6 Å². The van der Waals surface area contributed by atoms with Gasteiger partial charge in [0.05, 0.1) is 6.10 Å². The Balaban J connectivity index is 1.57. The maximum Gasteiger partial charge on any atom is 0.0916 e. The van der Waals surface area contributed by atoms with Crippen LogP contribution in [0.4, 0.5) is 0 Å². The third kappa shape index (κ3) is 2.99. The first-order valence-corrected chi connectivity index (χ1v) is 7.41. The topological polar surface area (TPSA) is 35.5 Å². The molecule has 3 unspecified atom stereocenters. The second kappa shape index (κ2) is 5.61. The van der Waals surface area contributed by atoms with Crippen molar-refractivity contribution in [3.63, 3.8) is 0 Å². The summed E-state index contributed by atoms with van der Waals surface area (Å²) in [5, 5.41) is 14.0. The van der Waals surface area contributed by atoms with Crippen LogP contribution in [0.5, 0.6) is 0 Å². The molecule has 1 aromatic rings. The lowest BCUT2D eigenvalue weighted by molar-refractivity contribution is 0.0860. The molecule has 2 aliphatic heterocycles. The average Bonchev–Trinajstić information content (AvgIpc) is 2.78. The summed E-state index contributed by atoms with van der Waals surface area (Å²) < 4.78 is 0. The Labute approximate surface area is 115 Å². The minimum atomic E-state index is -0.376. The van der Waals surface area contributed by atoms with Crippen molar-refractivity contribution in [1.29, 1.82) is 0 Å². The number of aliphatic hydroxyl groups excluding tert-OH is 1. The Hall–Kier alpha value is -0.900. The summed E-state index contributed by atoms with van der Waals surface area (Å²) >= 11 is 0. The predicted molar refractivity (Wildman–Crippen MR) is 77.0 cm³/mol. The lowest BCUT2D eigenvalue weighted by atomic mass is 9.98. The van der Waals surface area contributed by atoms with Crippen LogP contribution >= 0.6 is 0 Å². The van der Waals surface area contributed by atoms with Crippen LogP contribution in [0.3, 0.4) is 0 Å². The minimum Gasteiger partial charge on any atom is -0.387 e. The Morgan fingerprint density at radius 3 is 2.47 bits per heavy atom. The fraction of sp³-hybridized carbons (Fsp3) is 0.625. The molecule has 2 N–H and O–H groups in total. The number of aliphatic hydroxyl groups is 1. The van der Waals surface area contributed by atoms with Gasteiger partial charge in [0.15, 0.2) is 0 Å². The molecule has 0 aromatic heterocycles. The smallest absolute Gasteiger partial charge is 0.0916 e. The van der Waals surface area contributed by atoms with Gasteiger partial charge in [0.2, 0.25) is 0 Å². The fourth-order valence-electron chi connectivity index (χ4n) is 3.59. The summed E-state index contributed by atoms with van der Waals surface area (Å²) in [6, 6.07) is 12.0. The van der Waals surface area contributed by atoms with Crippen molar-refractivity contribution in [2.45, 2.75) is 49.9 Å². The third-order valence-corrected chi connectivity index (χ3v) is 4.72. The van der Waals surface area contributed by atoms with E-state index in [9.17, 15) is 5.11 Å². The molecule has 2 aliphatic rings. The molecule has 1 aromatic carbocycles. The van der Waals surface area contributed by atoms with E-state index in [4.69, 9.17) is 0 Å². The van der Waals surface area contributed by atoms with Gasteiger partial charge in [0.25, 0.3) is 0 Å². The van der Waals surface area contributed by atoms with Crippen LogP contribution in [0.25, 0.3) is 0 Å². The Morgan fingerprint density at radius 1 is 1.21 bits per heavy atom. The lowest BCUT2D eigenvalue weighted by Gasteiger charge is -2.36. The molecule has 3 heteroatoms. The molecular weight excluding hydrogens is 236 g/mol. The van der Waals surface area contributed by atoms with E-state index in [2.05, 4.69) is 17.3 Å². The highest BCUT2D eigenvalue weighted by molar-refractivity contribution is 5.17. The van der Waals surface area contributed by atoms with Crippen molar-refractivity contribution in [1.82, 2.24) is 10.2 Å². The van der Waals surface area contributed by atoms with Gasteiger partial charge in [-0.05, 0) is 38.3 Å². The minimum absolute atomic E-state index is 0.376. The number of hydrogen-bond acceptors (Lipinski definition) is 3. The Morgan fingerprint density at radius 2 is 1.84 bits per heavy atom. The first-order valence-electron chi connectivity index (χ1n) is 7.41. The fourth-order valence-corrected chi connectivity index (χ4v) is 3.59. The number of benzene rings is 1. The van der Waals surface area contributed by atoms with Gasteiger partial charge < -0.3 is 15.3 Å². The van der Waals surface area contributed by atoms with Gasteiger partial charge >= 0.3 is 0 Å². The molecule has 2 heterocycles. The number of hydrogen-bond donors (Lipinski definition) is 2. The molecule has 2 fully saturated rings. The van der Waals surface area contributed by atoms with Gasteiger partial charge in [-0.15, -0.1) is 0 Å². The second-order valence-corrected chi connectivity index (χ2v) is 6.13. The molecule has 3 atom stereocenters. The molecule has 2 bridgehead atoms. The normalized spacial score (nSPS) is 31.6. The third-order valence-electron chi connectivity index (χ3n) is 4.72. The molecule has 0 radical (unpaired) electrons. The van der Waals surface area contributed by atoms with Gasteiger partial charge in [-0.25, -0.2) is 0 Å². The highest BCUT2D eigenvalue weighted by Gasteiger charge is 2.35. The summed E-state index contributed by atoms with van der Waals surface area (Å²) in [5.74, 6) is 0. The molecule has 104 valence electrons. The van der Waals surface area contributed by atoms with Crippen molar-refractivity contribution >= 4 is 0 Å². The molecule has 0 saturated carbocycles. The molecule has 3 rings (SSSR count). The second-order valence-electron chi connectivity index (χ2n) is 6.13. The van der Waals surface area contributed by atoms with Gasteiger partial charge in [-0.3, -0.25) is 0 Å². The van der Waals surface area contributed by atoms with Crippen LogP contribution in [-0.4, -0.2) is 41.7 Å². The maximum atomic E-state index is 10.3.